The van der Waals surface area contributed by atoms with Gasteiger partial charge >= 0.3 is 5.97 Å². The number of carboxylic acids is 1. The van der Waals surface area contributed by atoms with Gasteiger partial charge in [-0.05, 0) is 26.3 Å². The van der Waals surface area contributed by atoms with Crippen molar-refractivity contribution < 1.29 is 14.7 Å². The molecule has 94 valence electrons. The summed E-state index contributed by atoms with van der Waals surface area (Å²) in [7, 11) is 1.72. The maximum Gasteiger partial charge on any atom is 0.329 e. The Bertz CT molecular complexity index is 433. The van der Waals surface area contributed by atoms with E-state index in [1.54, 1.807) is 24.7 Å². The van der Waals surface area contributed by atoms with E-state index in [2.05, 4.69) is 10.4 Å². The third kappa shape index (κ3) is 2.64. The Morgan fingerprint density at radius 2 is 2.18 bits per heavy atom. The van der Waals surface area contributed by atoms with Crippen molar-refractivity contribution in [3.63, 3.8) is 0 Å². The summed E-state index contributed by atoms with van der Waals surface area (Å²) in [5.74, 6) is -1.53. The summed E-state index contributed by atoms with van der Waals surface area (Å²) in [5.41, 5.74) is -0.197. The van der Waals surface area contributed by atoms with Gasteiger partial charge in [0.15, 0.2) is 0 Å². The maximum absolute atomic E-state index is 11.8. The number of hydrogen-bond acceptors (Lipinski definition) is 3. The van der Waals surface area contributed by atoms with E-state index in [9.17, 15) is 9.59 Å². The van der Waals surface area contributed by atoms with Crippen molar-refractivity contribution in [2.24, 2.45) is 7.05 Å². The van der Waals surface area contributed by atoms with Gasteiger partial charge < -0.3 is 10.4 Å². The van der Waals surface area contributed by atoms with E-state index in [0.717, 1.165) is 5.69 Å². The second kappa shape index (κ2) is 4.57. The monoisotopic (exact) mass is 239 g/mol. The molecule has 1 unspecified atom stereocenters. The first-order valence-corrected chi connectivity index (χ1v) is 5.36. The van der Waals surface area contributed by atoms with Gasteiger partial charge in [0.25, 0.3) is 5.91 Å². The Morgan fingerprint density at radius 3 is 2.53 bits per heavy atom. The Kier molecular flexibility index (Phi) is 3.55. The first-order chi connectivity index (χ1) is 7.80. The van der Waals surface area contributed by atoms with E-state index < -0.39 is 17.4 Å². The highest BCUT2D eigenvalue weighted by Crippen LogP contribution is 2.11. The van der Waals surface area contributed by atoms with Crippen LogP contribution in [0.3, 0.4) is 0 Å². The van der Waals surface area contributed by atoms with E-state index in [-0.39, 0.29) is 5.69 Å². The fourth-order valence-corrected chi connectivity index (χ4v) is 1.28. The lowest BCUT2D eigenvalue weighted by Crippen LogP contribution is -2.51. The zero-order valence-corrected chi connectivity index (χ0v) is 10.4. The highest BCUT2D eigenvalue weighted by atomic mass is 16.4. The maximum atomic E-state index is 11.8. The first kappa shape index (κ1) is 13.2. The van der Waals surface area contributed by atoms with Crippen LogP contribution in [0.25, 0.3) is 0 Å². The molecule has 0 radical (unpaired) electrons. The average molecular weight is 239 g/mol. The zero-order chi connectivity index (χ0) is 13.2. The quantitative estimate of drug-likeness (QED) is 0.810. The van der Waals surface area contributed by atoms with Crippen LogP contribution >= 0.6 is 0 Å². The molecule has 17 heavy (non-hydrogen) atoms. The first-order valence-electron chi connectivity index (χ1n) is 5.36. The molecule has 1 amide bonds. The highest BCUT2D eigenvalue weighted by Gasteiger charge is 2.33. The molecule has 0 bridgehead atoms. The molecule has 2 N–H and O–H groups in total. The topological polar surface area (TPSA) is 84.2 Å². The van der Waals surface area contributed by atoms with Crippen molar-refractivity contribution in [1.82, 2.24) is 15.1 Å². The normalized spacial score (nSPS) is 14.1. The van der Waals surface area contributed by atoms with Crippen molar-refractivity contribution in [2.75, 3.05) is 0 Å². The van der Waals surface area contributed by atoms with Gasteiger partial charge in [-0.3, -0.25) is 9.48 Å². The molecule has 0 saturated heterocycles. The summed E-state index contributed by atoms with van der Waals surface area (Å²) >= 11 is 0. The zero-order valence-electron chi connectivity index (χ0n) is 10.4. The molecule has 1 aromatic rings. The van der Waals surface area contributed by atoms with Crippen LogP contribution in [-0.2, 0) is 11.8 Å². The van der Waals surface area contributed by atoms with Crippen LogP contribution in [0.1, 0.15) is 36.5 Å². The Morgan fingerprint density at radius 1 is 1.59 bits per heavy atom. The van der Waals surface area contributed by atoms with E-state index in [1.807, 2.05) is 6.92 Å². The van der Waals surface area contributed by atoms with Crippen LogP contribution in [0.4, 0.5) is 0 Å². The Hall–Kier alpha value is -1.85. The number of amides is 1. The standard InChI is InChI=1S/C11H17N3O3/c1-5-11(3,10(16)17)12-9(15)8-6-7(2)14(4)13-8/h6H,5H2,1-4H3,(H,12,15)(H,16,17). The second-order valence-corrected chi connectivity index (χ2v) is 4.24. The second-order valence-electron chi connectivity index (χ2n) is 4.24. The minimum atomic E-state index is -1.26. The molecule has 0 aliphatic rings. The fourth-order valence-electron chi connectivity index (χ4n) is 1.28. The van der Waals surface area contributed by atoms with Crippen LogP contribution < -0.4 is 5.32 Å². The lowest BCUT2D eigenvalue weighted by molar-refractivity contribution is -0.143. The third-order valence-electron chi connectivity index (χ3n) is 2.91. The minimum absolute atomic E-state index is 0.228. The van der Waals surface area contributed by atoms with E-state index in [4.69, 9.17) is 5.11 Å². The summed E-state index contributed by atoms with van der Waals surface area (Å²) in [4.78, 5) is 22.9. The number of nitrogens with one attached hydrogen (secondary N) is 1. The van der Waals surface area contributed by atoms with Gasteiger partial charge in [0.2, 0.25) is 0 Å². The molecule has 0 aliphatic carbocycles. The molecule has 0 spiro atoms. The molecular weight excluding hydrogens is 222 g/mol. The molecule has 1 heterocycles. The summed E-state index contributed by atoms with van der Waals surface area (Å²) < 4.78 is 1.57. The Labute approximate surface area is 99.6 Å². The van der Waals surface area contributed by atoms with Crippen LogP contribution in [0.5, 0.6) is 0 Å². The molecule has 0 aromatic carbocycles. The predicted molar refractivity (Wildman–Crippen MR) is 61.7 cm³/mol. The molecular formula is C11H17N3O3. The number of rotatable bonds is 4. The van der Waals surface area contributed by atoms with Gasteiger partial charge in [0.05, 0.1) is 0 Å². The van der Waals surface area contributed by atoms with Crippen LogP contribution in [0.2, 0.25) is 0 Å². The highest BCUT2D eigenvalue weighted by molar-refractivity contribution is 5.96. The molecule has 0 saturated carbocycles. The summed E-state index contributed by atoms with van der Waals surface area (Å²) in [5, 5.41) is 15.5. The summed E-state index contributed by atoms with van der Waals surface area (Å²) in [6.45, 7) is 5.00. The number of carbonyl (C=O) groups is 2. The molecule has 1 atom stereocenters. The molecule has 1 rings (SSSR count). The summed E-state index contributed by atoms with van der Waals surface area (Å²) in [6, 6.07) is 1.62. The van der Waals surface area contributed by atoms with Gasteiger partial charge in [-0.2, -0.15) is 5.10 Å². The number of hydrogen-bond donors (Lipinski definition) is 2. The summed E-state index contributed by atoms with van der Waals surface area (Å²) in [6.07, 6.45) is 0.305. The van der Waals surface area contributed by atoms with Crippen LogP contribution in [0.15, 0.2) is 6.07 Å². The number of carbonyl (C=O) groups excluding carboxylic acids is 1. The number of aromatic nitrogens is 2. The van der Waals surface area contributed by atoms with Crippen LogP contribution in [0, 0.1) is 6.92 Å². The SMILES string of the molecule is CCC(C)(NC(=O)c1cc(C)n(C)n1)C(=O)O. The largest absolute Gasteiger partial charge is 0.480 e. The van der Waals surface area contributed by atoms with Crippen molar-refractivity contribution >= 4 is 11.9 Å². The molecule has 0 aliphatic heterocycles. The lowest BCUT2D eigenvalue weighted by atomic mass is 9.99. The predicted octanol–water partition coefficient (Wildman–Crippen LogP) is 0.712. The number of carboxylic acid groups (broad SMARTS) is 1. The minimum Gasteiger partial charge on any atom is -0.480 e. The Balaban J connectivity index is 2.89. The van der Waals surface area contributed by atoms with Gasteiger partial charge in [-0.25, -0.2) is 4.79 Å². The number of aliphatic carboxylic acids is 1. The number of nitrogens with zero attached hydrogens (tertiary/aromatic N) is 2. The van der Waals surface area contributed by atoms with E-state index in [0.29, 0.717) is 6.42 Å². The molecule has 0 fully saturated rings. The van der Waals surface area contributed by atoms with Crippen LogP contribution in [-0.4, -0.2) is 32.3 Å². The van der Waals surface area contributed by atoms with Crippen molar-refractivity contribution in [3.05, 3.63) is 17.5 Å². The molecule has 6 heteroatoms. The number of aryl methyl sites for hydroxylation is 2. The third-order valence-corrected chi connectivity index (χ3v) is 2.91. The average Bonchev–Trinajstić information content (AvgIpc) is 2.59. The smallest absolute Gasteiger partial charge is 0.329 e. The van der Waals surface area contributed by atoms with E-state index >= 15 is 0 Å². The van der Waals surface area contributed by atoms with Crippen molar-refractivity contribution in [2.45, 2.75) is 32.7 Å². The van der Waals surface area contributed by atoms with E-state index in [1.165, 1.54) is 6.92 Å². The van der Waals surface area contributed by atoms with Crippen molar-refractivity contribution in [1.29, 1.82) is 0 Å². The van der Waals surface area contributed by atoms with Gasteiger partial charge in [0, 0.05) is 12.7 Å². The molecule has 6 nitrogen and oxygen atoms in total. The van der Waals surface area contributed by atoms with Gasteiger partial charge in [0.1, 0.15) is 11.2 Å². The lowest BCUT2D eigenvalue weighted by Gasteiger charge is -2.23. The van der Waals surface area contributed by atoms with Gasteiger partial charge in [-0.15, -0.1) is 0 Å². The van der Waals surface area contributed by atoms with Gasteiger partial charge in [-0.1, -0.05) is 6.92 Å². The molecule has 1 aromatic heterocycles. The fraction of sp³-hybridized carbons (Fsp3) is 0.545. The van der Waals surface area contributed by atoms with Crippen molar-refractivity contribution in [3.8, 4) is 0 Å².